The molecule has 0 saturated heterocycles. The Labute approximate surface area is 87.1 Å². The fraction of sp³-hybridized carbons (Fsp3) is 0.667. The molecule has 0 aromatic heterocycles. The average molecular weight is 216 g/mol. The van der Waals surface area contributed by atoms with E-state index < -0.39 is 16.8 Å². The fourth-order valence-corrected chi connectivity index (χ4v) is 1.75. The monoisotopic (exact) mass is 216 g/mol. The minimum absolute atomic E-state index is 0.142. The number of amides is 1. The third-order valence-electron chi connectivity index (χ3n) is 1.55. The van der Waals surface area contributed by atoms with Crippen molar-refractivity contribution in [2.45, 2.75) is 25.4 Å². The zero-order valence-corrected chi connectivity index (χ0v) is 9.26. The van der Waals surface area contributed by atoms with E-state index in [0.717, 1.165) is 0 Å². The quantitative estimate of drug-likeness (QED) is 0.592. The van der Waals surface area contributed by atoms with Crippen LogP contribution in [0.15, 0.2) is 0 Å². The molecule has 0 rings (SSSR count). The van der Waals surface area contributed by atoms with Crippen LogP contribution in [0, 0.1) is 12.3 Å². The Kier molecular flexibility index (Phi) is 6.17. The van der Waals surface area contributed by atoms with Crippen molar-refractivity contribution in [1.82, 2.24) is 5.32 Å². The molecule has 0 heterocycles. The SMILES string of the molecule is C#CCC(N)C(=O)NC(C)CS(C)=O. The van der Waals surface area contributed by atoms with Crippen LogP contribution < -0.4 is 11.1 Å². The third kappa shape index (κ3) is 5.73. The van der Waals surface area contributed by atoms with Crippen molar-refractivity contribution in [3.8, 4) is 12.3 Å². The first kappa shape index (κ1) is 13.1. The van der Waals surface area contributed by atoms with Crippen LogP contribution in [-0.2, 0) is 15.6 Å². The van der Waals surface area contributed by atoms with Crippen molar-refractivity contribution >= 4 is 16.7 Å². The summed E-state index contributed by atoms with van der Waals surface area (Å²) in [5, 5.41) is 2.64. The number of terminal acetylenes is 1. The van der Waals surface area contributed by atoms with Crippen LogP contribution in [0.5, 0.6) is 0 Å². The summed E-state index contributed by atoms with van der Waals surface area (Å²) in [5.74, 6) is 2.45. The Morgan fingerprint density at radius 1 is 1.71 bits per heavy atom. The first-order chi connectivity index (χ1) is 6.47. The zero-order chi connectivity index (χ0) is 11.1. The predicted octanol–water partition coefficient (Wildman–Crippen LogP) is -0.780. The highest BCUT2D eigenvalue weighted by atomic mass is 32.2. The lowest BCUT2D eigenvalue weighted by molar-refractivity contribution is -0.122. The van der Waals surface area contributed by atoms with Gasteiger partial charge in [0, 0.05) is 35.3 Å². The first-order valence-electron chi connectivity index (χ1n) is 4.26. The molecule has 0 aromatic carbocycles. The zero-order valence-electron chi connectivity index (χ0n) is 8.45. The van der Waals surface area contributed by atoms with E-state index in [9.17, 15) is 9.00 Å². The van der Waals surface area contributed by atoms with Gasteiger partial charge in [0.25, 0.3) is 0 Å². The van der Waals surface area contributed by atoms with Crippen molar-refractivity contribution in [3.05, 3.63) is 0 Å². The number of nitrogens with one attached hydrogen (secondary N) is 1. The maximum absolute atomic E-state index is 11.3. The summed E-state index contributed by atoms with van der Waals surface area (Å²) < 4.78 is 10.8. The van der Waals surface area contributed by atoms with Crippen molar-refractivity contribution in [2.75, 3.05) is 12.0 Å². The molecule has 0 spiro atoms. The standard InChI is InChI=1S/C9H16N2O2S/c1-4-5-8(10)9(12)11-7(2)6-14(3)13/h1,7-8H,5-6,10H2,2-3H3,(H,11,12). The number of rotatable bonds is 5. The highest BCUT2D eigenvalue weighted by Crippen LogP contribution is 1.90. The molecule has 0 aliphatic heterocycles. The second-order valence-electron chi connectivity index (χ2n) is 3.16. The lowest BCUT2D eigenvalue weighted by Gasteiger charge is -2.15. The van der Waals surface area contributed by atoms with Gasteiger partial charge in [0.05, 0.1) is 6.04 Å². The summed E-state index contributed by atoms with van der Waals surface area (Å²) in [5.41, 5.74) is 5.48. The van der Waals surface area contributed by atoms with Crippen molar-refractivity contribution in [1.29, 1.82) is 0 Å². The molecule has 3 atom stereocenters. The molecule has 3 N–H and O–H groups in total. The summed E-state index contributed by atoms with van der Waals surface area (Å²) in [7, 11) is -0.925. The lowest BCUT2D eigenvalue weighted by Crippen LogP contribution is -2.45. The fourth-order valence-electron chi connectivity index (χ4n) is 0.963. The van der Waals surface area contributed by atoms with E-state index in [1.54, 1.807) is 13.2 Å². The molecule has 0 radical (unpaired) electrons. The van der Waals surface area contributed by atoms with Crippen LogP contribution in [0.25, 0.3) is 0 Å². The number of hydrogen-bond acceptors (Lipinski definition) is 3. The van der Waals surface area contributed by atoms with Gasteiger partial charge >= 0.3 is 0 Å². The Balaban J connectivity index is 3.94. The largest absolute Gasteiger partial charge is 0.351 e. The molecule has 3 unspecified atom stereocenters. The van der Waals surface area contributed by atoms with Crippen molar-refractivity contribution in [3.63, 3.8) is 0 Å². The molecule has 0 saturated carbocycles. The molecule has 1 amide bonds. The number of carbonyl (C=O) groups excluding carboxylic acids is 1. The molecule has 80 valence electrons. The Hall–Kier alpha value is -0.860. The van der Waals surface area contributed by atoms with Gasteiger partial charge in [-0.15, -0.1) is 12.3 Å². The van der Waals surface area contributed by atoms with Crippen LogP contribution in [0.1, 0.15) is 13.3 Å². The normalized spacial score (nSPS) is 16.4. The van der Waals surface area contributed by atoms with E-state index in [-0.39, 0.29) is 18.4 Å². The number of carbonyl (C=O) groups is 1. The van der Waals surface area contributed by atoms with E-state index in [0.29, 0.717) is 5.75 Å². The van der Waals surface area contributed by atoms with Gasteiger partial charge in [-0.1, -0.05) is 0 Å². The Morgan fingerprint density at radius 3 is 2.71 bits per heavy atom. The summed E-state index contributed by atoms with van der Waals surface area (Å²) >= 11 is 0. The van der Waals surface area contributed by atoms with Gasteiger partial charge in [-0.3, -0.25) is 9.00 Å². The molecular weight excluding hydrogens is 200 g/mol. The minimum atomic E-state index is -0.925. The van der Waals surface area contributed by atoms with Gasteiger partial charge in [0.1, 0.15) is 0 Å². The molecule has 0 aromatic rings. The van der Waals surface area contributed by atoms with E-state index >= 15 is 0 Å². The molecule has 0 aliphatic carbocycles. The van der Waals surface area contributed by atoms with Crippen molar-refractivity contribution in [2.24, 2.45) is 5.73 Å². The number of hydrogen-bond donors (Lipinski definition) is 2. The van der Waals surface area contributed by atoms with Gasteiger partial charge in [0.2, 0.25) is 5.91 Å². The molecule has 0 fully saturated rings. The molecule has 5 heteroatoms. The summed E-state index contributed by atoms with van der Waals surface area (Å²) in [6.45, 7) is 1.78. The van der Waals surface area contributed by atoms with Gasteiger partial charge in [-0.05, 0) is 6.92 Å². The van der Waals surface area contributed by atoms with Gasteiger partial charge in [-0.25, -0.2) is 0 Å². The predicted molar refractivity (Wildman–Crippen MR) is 58.0 cm³/mol. The summed E-state index contributed by atoms with van der Waals surface area (Å²) in [6, 6.07) is -0.815. The number of nitrogens with two attached hydrogens (primary N) is 1. The molecule has 0 aliphatic rings. The van der Waals surface area contributed by atoms with Crippen LogP contribution in [-0.4, -0.2) is 34.2 Å². The lowest BCUT2D eigenvalue weighted by atomic mass is 10.2. The maximum Gasteiger partial charge on any atom is 0.238 e. The summed E-state index contributed by atoms with van der Waals surface area (Å²) in [6.07, 6.45) is 6.82. The van der Waals surface area contributed by atoms with Crippen LogP contribution >= 0.6 is 0 Å². The van der Waals surface area contributed by atoms with E-state index in [2.05, 4.69) is 11.2 Å². The molecule has 0 bridgehead atoms. The second-order valence-corrected chi connectivity index (χ2v) is 4.64. The van der Waals surface area contributed by atoms with Crippen LogP contribution in [0.3, 0.4) is 0 Å². The average Bonchev–Trinajstić information content (AvgIpc) is 2.02. The van der Waals surface area contributed by atoms with Crippen LogP contribution in [0.2, 0.25) is 0 Å². The minimum Gasteiger partial charge on any atom is -0.351 e. The van der Waals surface area contributed by atoms with E-state index in [4.69, 9.17) is 12.2 Å². The molecule has 4 nitrogen and oxygen atoms in total. The van der Waals surface area contributed by atoms with Crippen LogP contribution in [0.4, 0.5) is 0 Å². The Morgan fingerprint density at radius 2 is 2.29 bits per heavy atom. The van der Waals surface area contributed by atoms with Gasteiger partial charge in [-0.2, -0.15) is 0 Å². The first-order valence-corrected chi connectivity index (χ1v) is 5.99. The maximum atomic E-state index is 11.3. The second kappa shape index (κ2) is 6.57. The van der Waals surface area contributed by atoms with E-state index in [1.165, 1.54) is 0 Å². The smallest absolute Gasteiger partial charge is 0.238 e. The van der Waals surface area contributed by atoms with Gasteiger partial charge < -0.3 is 11.1 Å². The molecular formula is C9H16N2O2S. The Bertz CT molecular complexity index is 260. The third-order valence-corrected chi connectivity index (χ3v) is 2.52. The highest BCUT2D eigenvalue weighted by molar-refractivity contribution is 7.84. The van der Waals surface area contributed by atoms with Gasteiger partial charge in [0.15, 0.2) is 0 Å². The van der Waals surface area contributed by atoms with Crippen molar-refractivity contribution < 1.29 is 9.00 Å². The highest BCUT2D eigenvalue weighted by Gasteiger charge is 2.14. The molecule has 14 heavy (non-hydrogen) atoms. The summed E-state index contributed by atoms with van der Waals surface area (Å²) in [4.78, 5) is 11.3. The van der Waals surface area contributed by atoms with E-state index in [1.807, 2.05) is 0 Å². The topological polar surface area (TPSA) is 72.2 Å².